The summed E-state index contributed by atoms with van der Waals surface area (Å²) in [4.78, 5) is 24.1. The number of carbonyl (C=O) groups excluding carboxylic acids is 1. The van der Waals surface area contributed by atoms with Crippen molar-refractivity contribution in [3.63, 3.8) is 0 Å². The zero-order chi connectivity index (χ0) is 15.8. The van der Waals surface area contributed by atoms with Crippen molar-refractivity contribution in [3.05, 3.63) is 35.5 Å². The number of thiazole rings is 1. The number of piperidine rings is 1. The predicted octanol–water partition coefficient (Wildman–Crippen LogP) is 3.40. The lowest BCUT2D eigenvalue weighted by molar-refractivity contribution is 0.0686. The summed E-state index contributed by atoms with van der Waals surface area (Å²) in [5.41, 5.74) is 0.819. The van der Waals surface area contributed by atoms with Crippen LogP contribution in [0.1, 0.15) is 35.4 Å². The number of hydrogen-bond donors (Lipinski definition) is 1. The Morgan fingerprint density at radius 2 is 1.92 bits per heavy atom. The van der Waals surface area contributed by atoms with Crippen molar-refractivity contribution in [3.8, 4) is 10.7 Å². The molecule has 136 valence electrons. The molecule has 1 amide bonds. The van der Waals surface area contributed by atoms with E-state index in [4.69, 9.17) is 0 Å². The van der Waals surface area contributed by atoms with Crippen molar-refractivity contribution in [1.82, 2.24) is 20.2 Å². The van der Waals surface area contributed by atoms with Crippen LogP contribution in [0.3, 0.4) is 0 Å². The molecule has 0 aliphatic carbocycles. The van der Waals surface area contributed by atoms with Crippen LogP contribution in [0.5, 0.6) is 0 Å². The van der Waals surface area contributed by atoms with Gasteiger partial charge in [0.25, 0.3) is 5.91 Å². The number of halogens is 2. The van der Waals surface area contributed by atoms with Crippen molar-refractivity contribution in [2.24, 2.45) is 0 Å². The Hall–Kier alpha value is -1.21. The van der Waals surface area contributed by atoms with Crippen LogP contribution in [-0.4, -0.2) is 45.9 Å². The van der Waals surface area contributed by atoms with E-state index in [0.29, 0.717) is 23.0 Å². The van der Waals surface area contributed by atoms with E-state index in [1.165, 1.54) is 24.2 Å². The quantitative estimate of drug-likeness (QED) is 0.857. The van der Waals surface area contributed by atoms with E-state index in [1.54, 1.807) is 12.4 Å². The molecule has 4 rings (SSSR count). The average Bonchev–Trinajstić information content (AvgIpc) is 3.21. The Morgan fingerprint density at radius 1 is 1.20 bits per heavy atom. The van der Waals surface area contributed by atoms with E-state index >= 15 is 0 Å². The summed E-state index contributed by atoms with van der Waals surface area (Å²) < 4.78 is 0. The molecule has 2 aliphatic heterocycles. The Kier molecular flexibility index (Phi) is 6.79. The summed E-state index contributed by atoms with van der Waals surface area (Å²) in [5, 5.41) is 4.42. The summed E-state index contributed by atoms with van der Waals surface area (Å²) in [7, 11) is 1.93. The van der Waals surface area contributed by atoms with Gasteiger partial charge >= 0.3 is 0 Å². The molecule has 2 aromatic heterocycles. The lowest BCUT2D eigenvalue weighted by Crippen LogP contribution is -2.48. The van der Waals surface area contributed by atoms with Crippen LogP contribution in [0.15, 0.2) is 30.6 Å². The van der Waals surface area contributed by atoms with Crippen LogP contribution < -0.4 is 5.32 Å². The van der Waals surface area contributed by atoms with Crippen molar-refractivity contribution >= 4 is 42.1 Å². The normalized spacial score (nSPS) is 24.1. The van der Waals surface area contributed by atoms with Crippen LogP contribution in [0.2, 0.25) is 0 Å². The van der Waals surface area contributed by atoms with Gasteiger partial charge < -0.3 is 10.2 Å². The molecule has 8 heteroatoms. The fourth-order valence-corrected chi connectivity index (χ4v) is 4.54. The van der Waals surface area contributed by atoms with Crippen LogP contribution in [0.25, 0.3) is 10.7 Å². The Morgan fingerprint density at radius 3 is 2.56 bits per heavy atom. The highest BCUT2D eigenvalue weighted by atomic mass is 35.5. The van der Waals surface area contributed by atoms with Gasteiger partial charge in [0, 0.05) is 31.4 Å². The number of amides is 1. The minimum absolute atomic E-state index is 0. The standard InChI is InChI=1S/C17H20N4OS.2ClH/c1-21(13-8-11-5-6-12(9-13)20-11)17(22)15-10-19-16(23-15)14-4-2-3-7-18-14;;/h2-4,7,10-13,20H,5-6,8-9H2,1H3;2*1H. The van der Waals surface area contributed by atoms with Gasteiger partial charge in [-0.25, -0.2) is 4.98 Å². The first-order valence-corrected chi connectivity index (χ1v) is 8.93. The average molecular weight is 401 g/mol. The van der Waals surface area contributed by atoms with Gasteiger partial charge in [0.1, 0.15) is 9.88 Å². The van der Waals surface area contributed by atoms with Crippen LogP contribution >= 0.6 is 36.2 Å². The first-order chi connectivity index (χ1) is 11.2. The van der Waals surface area contributed by atoms with Gasteiger partial charge in [0.05, 0.1) is 11.9 Å². The molecular formula is C17H22Cl2N4OS. The molecular weight excluding hydrogens is 379 g/mol. The number of rotatable bonds is 3. The van der Waals surface area contributed by atoms with E-state index < -0.39 is 0 Å². The zero-order valence-corrected chi connectivity index (χ0v) is 16.4. The lowest BCUT2D eigenvalue weighted by Gasteiger charge is -2.35. The molecule has 25 heavy (non-hydrogen) atoms. The molecule has 1 N–H and O–H groups in total. The van der Waals surface area contributed by atoms with Gasteiger partial charge in [-0.3, -0.25) is 9.78 Å². The third-order valence-electron chi connectivity index (χ3n) is 4.92. The number of hydrogen-bond acceptors (Lipinski definition) is 5. The molecule has 0 spiro atoms. The monoisotopic (exact) mass is 400 g/mol. The first-order valence-electron chi connectivity index (χ1n) is 8.11. The number of fused-ring (bicyclic) bond motifs is 2. The molecule has 0 saturated carbocycles. The molecule has 2 saturated heterocycles. The number of aromatic nitrogens is 2. The highest BCUT2D eigenvalue weighted by Crippen LogP contribution is 2.31. The van der Waals surface area contributed by atoms with Crippen LogP contribution in [0, 0.1) is 0 Å². The Bertz CT molecular complexity index is 700. The molecule has 2 fully saturated rings. The topological polar surface area (TPSA) is 58.1 Å². The van der Waals surface area contributed by atoms with E-state index in [9.17, 15) is 4.79 Å². The Balaban J connectivity index is 0.00000113. The number of pyridine rings is 1. The maximum atomic E-state index is 12.8. The largest absolute Gasteiger partial charge is 0.338 e. The maximum absolute atomic E-state index is 12.8. The van der Waals surface area contributed by atoms with E-state index in [1.807, 2.05) is 30.1 Å². The summed E-state index contributed by atoms with van der Waals surface area (Å²) in [5.74, 6) is 0.0796. The summed E-state index contributed by atoms with van der Waals surface area (Å²) >= 11 is 1.42. The highest BCUT2D eigenvalue weighted by molar-refractivity contribution is 7.16. The first kappa shape index (κ1) is 20.1. The smallest absolute Gasteiger partial charge is 0.265 e. The molecule has 2 atom stereocenters. The molecule has 0 aromatic carbocycles. The van der Waals surface area contributed by atoms with Crippen molar-refractivity contribution in [2.45, 2.75) is 43.8 Å². The van der Waals surface area contributed by atoms with Gasteiger partial charge in [-0.05, 0) is 37.8 Å². The van der Waals surface area contributed by atoms with Gasteiger partial charge in [-0.1, -0.05) is 6.07 Å². The number of nitrogens with one attached hydrogen (secondary N) is 1. The summed E-state index contributed by atoms with van der Waals surface area (Å²) in [6.07, 6.45) is 8.04. The third kappa shape index (κ3) is 4.14. The third-order valence-corrected chi connectivity index (χ3v) is 5.92. The molecule has 2 unspecified atom stereocenters. The molecule has 2 bridgehead atoms. The molecule has 0 radical (unpaired) electrons. The Labute approximate surface area is 164 Å². The van der Waals surface area contributed by atoms with Crippen LogP contribution in [0.4, 0.5) is 0 Å². The van der Waals surface area contributed by atoms with Gasteiger partial charge in [-0.15, -0.1) is 36.2 Å². The highest BCUT2D eigenvalue weighted by Gasteiger charge is 2.36. The summed E-state index contributed by atoms with van der Waals surface area (Å²) in [6.45, 7) is 0. The minimum atomic E-state index is 0. The fraction of sp³-hybridized carbons (Fsp3) is 0.471. The van der Waals surface area contributed by atoms with Gasteiger partial charge in [0.15, 0.2) is 0 Å². The van der Waals surface area contributed by atoms with Crippen LogP contribution in [-0.2, 0) is 0 Å². The maximum Gasteiger partial charge on any atom is 0.265 e. The fourth-order valence-electron chi connectivity index (χ4n) is 3.66. The second kappa shape index (κ2) is 8.45. The van der Waals surface area contributed by atoms with E-state index in [0.717, 1.165) is 23.5 Å². The zero-order valence-electron chi connectivity index (χ0n) is 13.9. The SMILES string of the molecule is CN(C(=O)c1cnc(-c2ccccn2)s1)C1CC2CCC(C1)N2.Cl.Cl. The summed E-state index contributed by atoms with van der Waals surface area (Å²) in [6, 6.07) is 7.23. The van der Waals surface area contributed by atoms with E-state index in [-0.39, 0.29) is 30.7 Å². The van der Waals surface area contributed by atoms with Gasteiger partial charge in [0.2, 0.25) is 0 Å². The molecule has 4 heterocycles. The molecule has 5 nitrogen and oxygen atoms in total. The second-order valence-electron chi connectivity index (χ2n) is 6.42. The lowest BCUT2D eigenvalue weighted by atomic mass is 9.98. The second-order valence-corrected chi connectivity index (χ2v) is 7.45. The van der Waals surface area contributed by atoms with E-state index in [2.05, 4.69) is 15.3 Å². The number of carbonyl (C=O) groups is 1. The number of nitrogens with zero attached hydrogens (tertiary/aromatic N) is 3. The van der Waals surface area contributed by atoms with Crippen molar-refractivity contribution in [1.29, 1.82) is 0 Å². The molecule has 2 aromatic rings. The minimum Gasteiger partial charge on any atom is -0.338 e. The molecule has 2 aliphatic rings. The predicted molar refractivity (Wildman–Crippen MR) is 105 cm³/mol. The van der Waals surface area contributed by atoms with Crippen molar-refractivity contribution < 1.29 is 4.79 Å². The van der Waals surface area contributed by atoms with Gasteiger partial charge in [-0.2, -0.15) is 0 Å². The van der Waals surface area contributed by atoms with Crippen molar-refractivity contribution in [2.75, 3.05) is 7.05 Å².